The number of carbonyl (C=O) groups excluding carboxylic acids is 1. The molecule has 0 bridgehead atoms. The highest BCUT2D eigenvalue weighted by molar-refractivity contribution is 5.79. The Balaban J connectivity index is 1.73. The summed E-state index contributed by atoms with van der Waals surface area (Å²) in [5, 5.41) is 0. The number of nitrogens with zero attached hydrogens (tertiary/aromatic N) is 1. The maximum Gasteiger partial charge on any atom is 0.227 e. The highest BCUT2D eigenvalue weighted by Gasteiger charge is 2.26. The van der Waals surface area contributed by atoms with Crippen LogP contribution in [0, 0.1) is 0 Å². The van der Waals surface area contributed by atoms with E-state index in [1.54, 1.807) is 6.26 Å². The average molecular weight is 299 g/mol. The van der Waals surface area contributed by atoms with Gasteiger partial charge in [0.05, 0.1) is 19.2 Å². The lowest BCUT2D eigenvalue weighted by Gasteiger charge is -2.34. The van der Waals surface area contributed by atoms with E-state index < -0.39 is 0 Å². The van der Waals surface area contributed by atoms with Crippen LogP contribution in [0.5, 0.6) is 0 Å². The second kappa shape index (κ2) is 7.27. The second-order valence-electron chi connectivity index (χ2n) is 5.61. The van der Waals surface area contributed by atoms with Crippen molar-refractivity contribution in [2.24, 2.45) is 0 Å². The fraction of sp³-hybridized carbons (Fsp3) is 0.389. The molecule has 1 saturated heterocycles. The number of benzene rings is 1. The van der Waals surface area contributed by atoms with E-state index in [-0.39, 0.29) is 11.9 Å². The van der Waals surface area contributed by atoms with Crippen molar-refractivity contribution in [2.75, 3.05) is 13.2 Å². The number of hydrogen-bond acceptors (Lipinski definition) is 3. The Kier molecular flexibility index (Phi) is 4.91. The molecule has 0 atom stereocenters. The first-order valence-corrected chi connectivity index (χ1v) is 7.76. The van der Waals surface area contributed by atoms with E-state index in [1.165, 1.54) is 0 Å². The Morgan fingerprint density at radius 1 is 1.09 bits per heavy atom. The molecule has 0 N–H and O–H groups in total. The largest absolute Gasteiger partial charge is 0.467 e. The highest BCUT2D eigenvalue weighted by atomic mass is 16.5. The second-order valence-corrected chi connectivity index (χ2v) is 5.61. The van der Waals surface area contributed by atoms with Gasteiger partial charge < -0.3 is 14.1 Å². The van der Waals surface area contributed by atoms with Gasteiger partial charge in [0.25, 0.3) is 0 Å². The summed E-state index contributed by atoms with van der Waals surface area (Å²) in [6.07, 6.45) is 3.86. The maximum absolute atomic E-state index is 12.8. The number of rotatable bonds is 5. The summed E-state index contributed by atoms with van der Waals surface area (Å²) in [5.41, 5.74) is 1.05. The van der Waals surface area contributed by atoms with Crippen LogP contribution in [0.2, 0.25) is 0 Å². The molecule has 0 radical (unpaired) electrons. The van der Waals surface area contributed by atoms with Gasteiger partial charge >= 0.3 is 0 Å². The van der Waals surface area contributed by atoms with Gasteiger partial charge in [-0.25, -0.2) is 0 Å². The van der Waals surface area contributed by atoms with Crippen molar-refractivity contribution in [1.29, 1.82) is 0 Å². The summed E-state index contributed by atoms with van der Waals surface area (Å²) in [7, 11) is 0. The lowest BCUT2D eigenvalue weighted by Crippen LogP contribution is -2.43. The Bertz CT molecular complexity index is 574. The number of carbonyl (C=O) groups is 1. The highest BCUT2D eigenvalue weighted by Crippen LogP contribution is 2.19. The zero-order valence-electron chi connectivity index (χ0n) is 12.6. The lowest BCUT2D eigenvalue weighted by molar-refractivity contribution is -0.135. The molecule has 22 heavy (non-hydrogen) atoms. The van der Waals surface area contributed by atoms with E-state index in [9.17, 15) is 4.79 Å². The van der Waals surface area contributed by atoms with Crippen molar-refractivity contribution in [1.82, 2.24) is 4.90 Å². The van der Waals surface area contributed by atoms with Crippen molar-refractivity contribution in [3.05, 3.63) is 60.1 Å². The third-order valence-electron chi connectivity index (χ3n) is 4.06. The quantitative estimate of drug-likeness (QED) is 0.852. The average Bonchev–Trinajstić information content (AvgIpc) is 3.07. The van der Waals surface area contributed by atoms with Crippen LogP contribution in [0.3, 0.4) is 0 Å². The molecule has 0 saturated carbocycles. The van der Waals surface area contributed by atoms with Gasteiger partial charge in [-0.05, 0) is 30.5 Å². The summed E-state index contributed by atoms with van der Waals surface area (Å²) < 4.78 is 10.9. The van der Waals surface area contributed by atoms with Crippen LogP contribution in [0.15, 0.2) is 53.1 Å². The molecule has 1 aliphatic heterocycles. The van der Waals surface area contributed by atoms with E-state index >= 15 is 0 Å². The Hall–Kier alpha value is -2.07. The predicted octanol–water partition coefficient (Wildman–Crippen LogP) is 3.03. The van der Waals surface area contributed by atoms with Gasteiger partial charge in [-0.1, -0.05) is 30.3 Å². The fourth-order valence-electron chi connectivity index (χ4n) is 2.86. The van der Waals surface area contributed by atoms with Gasteiger partial charge in [-0.2, -0.15) is 0 Å². The minimum Gasteiger partial charge on any atom is -0.467 e. The Labute approximate surface area is 130 Å². The molecule has 0 spiro atoms. The van der Waals surface area contributed by atoms with Crippen LogP contribution in [0.4, 0.5) is 0 Å². The van der Waals surface area contributed by atoms with Crippen LogP contribution in [-0.2, 0) is 22.5 Å². The molecule has 2 heterocycles. The molecule has 2 aromatic rings. The van der Waals surface area contributed by atoms with Gasteiger partial charge in [0.2, 0.25) is 5.91 Å². The van der Waals surface area contributed by atoms with Crippen LogP contribution < -0.4 is 0 Å². The molecule has 1 aromatic heterocycles. The molecule has 1 amide bonds. The summed E-state index contributed by atoms with van der Waals surface area (Å²) in [6, 6.07) is 13.9. The molecular weight excluding hydrogens is 278 g/mol. The molecule has 4 heteroatoms. The molecule has 0 aliphatic carbocycles. The molecule has 0 unspecified atom stereocenters. The van der Waals surface area contributed by atoms with Gasteiger partial charge in [0, 0.05) is 19.3 Å². The molecule has 4 nitrogen and oxygen atoms in total. The monoisotopic (exact) mass is 299 g/mol. The zero-order chi connectivity index (χ0) is 15.2. The molecular formula is C18H21NO3. The normalized spacial score (nSPS) is 15.6. The number of amides is 1. The standard InChI is InChI=1S/C18H21NO3/c20-18(13-15-5-2-1-3-6-15)19(14-17-7-4-10-22-17)16-8-11-21-12-9-16/h1-7,10,16H,8-9,11-14H2. The van der Waals surface area contributed by atoms with Gasteiger partial charge in [0.1, 0.15) is 5.76 Å². The molecule has 3 rings (SSSR count). The van der Waals surface area contributed by atoms with E-state index in [2.05, 4.69) is 0 Å². The van der Waals surface area contributed by atoms with Crippen molar-refractivity contribution in [3.63, 3.8) is 0 Å². The SMILES string of the molecule is O=C(Cc1ccccc1)N(Cc1ccco1)C1CCOCC1. The van der Waals surface area contributed by atoms with Crippen molar-refractivity contribution >= 4 is 5.91 Å². The Morgan fingerprint density at radius 2 is 1.86 bits per heavy atom. The van der Waals surface area contributed by atoms with Gasteiger partial charge in [-0.15, -0.1) is 0 Å². The summed E-state index contributed by atoms with van der Waals surface area (Å²) in [4.78, 5) is 14.7. The minimum atomic E-state index is 0.148. The van der Waals surface area contributed by atoms with E-state index in [4.69, 9.17) is 9.15 Å². The van der Waals surface area contributed by atoms with Gasteiger partial charge in [-0.3, -0.25) is 4.79 Å². The van der Waals surface area contributed by atoms with Gasteiger partial charge in [0.15, 0.2) is 0 Å². The van der Waals surface area contributed by atoms with Crippen molar-refractivity contribution < 1.29 is 13.9 Å². The van der Waals surface area contributed by atoms with Crippen LogP contribution in [0.1, 0.15) is 24.2 Å². The van der Waals surface area contributed by atoms with Crippen LogP contribution >= 0.6 is 0 Å². The predicted molar refractivity (Wildman–Crippen MR) is 83.2 cm³/mol. The third kappa shape index (κ3) is 3.77. The van der Waals surface area contributed by atoms with E-state index in [0.717, 1.165) is 37.4 Å². The first-order valence-electron chi connectivity index (χ1n) is 7.76. The zero-order valence-corrected chi connectivity index (χ0v) is 12.6. The summed E-state index contributed by atoms with van der Waals surface area (Å²) in [5.74, 6) is 0.974. The summed E-state index contributed by atoms with van der Waals surface area (Å²) in [6.45, 7) is 1.97. The lowest BCUT2D eigenvalue weighted by atomic mass is 10.0. The van der Waals surface area contributed by atoms with Crippen molar-refractivity contribution in [2.45, 2.75) is 31.8 Å². The molecule has 1 aliphatic rings. The fourth-order valence-corrected chi connectivity index (χ4v) is 2.86. The first kappa shape index (κ1) is 14.9. The topological polar surface area (TPSA) is 42.7 Å². The minimum absolute atomic E-state index is 0.148. The first-order chi connectivity index (χ1) is 10.8. The molecule has 116 valence electrons. The molecule has 1 aromatic carbocycles. The summed E-state index contributed by atoms with van der Waals surface area (Å²) >= 11 is 0. The van der Waals surface area contributed by atoms with E-state index in [0.29, 0.717) is 13.0 Å². The number of furan rings is 1. The van der Waals surface area contributed by atoms with Crippen molar-refractivity contribution in [3.8, 4) is 0 Å². The van der Waals surface area contributed by atoms with Crippen LogP contribution in [0.25, 0.3) is 0 Å². The number of ether oxygens (including phenoxy) is 1. The smallest absolute Gasteiger partial charge is 0.227 e. The van der Waals surface area contributed by atoms with E-state index in [1.807, 2.05) is 47.4 Å². The Morgan fingerprint density at radius 3 is 2.55 bits per heavy atom. The maximum atomic E-state index is 12.8. The third-order valence-corrected chi connectivity index (χ3v) is 4.06. The molecule has 1 fully saturated rings. The van der Waals surface area contributed by atoms with Crippen LogP contribution in [-0.4, -0.2) is 30.1 Å². The number of hydrogen-bond donors (Lipinski definition) is 0.